The zero-order valence-corrected chi connectivity index (χ0v) is 13.7. The number of nitrogens with zero attached hydrogens (tertiary/aromatic N) is 3. The van der Waals surface area contributed by atoms with Crippen LogP contribution in [0.2, 0.25) is 0 Å². The number of benzene rings is 1. The molecule has 1 fully saturated rings. The number of H-pyrrole nitrogens is 1. The molecule has 3 aromatic rings. The highest BCUT2D eigenvalue weighted by molar-refractivity contribution is 5.84. The van der Waals surface area contributed by atoms with E-state index in [1.165, 1.54) is 0 Å². The Labute approximate surface area is 143 Å². The van der Waals surface area contributed by atoms with Crippen LogP contribution in [0.15, 0.2) is 36.5 Å². The molecule has 25 heavy (non-hydrogen) atoms. The number of anilines is 1. The van der Waals surface area contributed by atoms with E-state index < -0.39 is 5.92 Å². The molecule has 1 saturated heterocycles. The summed E-state index contributed by atoms with van der Waals surface area (Å²) in [5, 5.41) is 0. The van der Waals surface area contributed by atoms with Gasteiger partial charge in [-0.15, -0.1) is 0 Å². The Kier molecular flexibility index (Phi) is 3.88. The van der Waals surface area contributed by atoms with Gasteiger partial charge in [-0.1, -0.05) is 24.3 Å². The molecule has 0 atom stereocenters. The first-order chi connectivity index (χ1) is 12.0. The van der Waals surface area contributed by atoms with Gasteiger partial charge in [-0.2, -0.15) is 0 Å². The summed E-state index contributed by atoms with van der Waals surface area (Å²) in [6.07, 6.45) is 2.31. The summed E-state index contributed by atoms with van der Waals surface area (Å²) in [4.78, 5) is 13.6. The Morgan fingerprint density at radius 3 is 2.60 bits per heavy atom. The molecular weight excluding hydrogens is 324 g/mol. The van der Waals surface area contributed by atoms with E-state index in [9.17, 15) is 8.78 Å². The molecule has 1 aromatic carbocycles. The third-order valence-electron chi connectivity index (χ3n) is 4.52. The van der Waals surface area contributed by atoms with Crippen LogP contribution in [-0.2, 0) is 13.0 Å². The van der Waals surface area contributed by atoms with Crippen molar-refractivity contribution in [3.05, 3.63) is 53.5 Å². The number of fused-ring (bicyclic) bond motifs is 1. The normalized spacial score (nSPS) is 17.4. The van der Waals surface area contributed by atoms with E-state index in [1.807, 2.05) is 30.3 Å². The average molecular weight is 343 g/mol. The molecule has 2 aromatic heterocycles. The maximum atomic E-state index is 13.3. The molecule has 0 unspecified atom stereocenters. The van der Waals surface area contributed by atoms with Crippen LogP contribution in [-0.4, -0.2) is 38.9 Å². The lowest BCUT2D eigenvalue weighted by molar-refractivity contribution is 0.0115. The van der Waals surface area contributed by atoms with Gasteiger partial charge in [0, 0.05) is 32.1 Å². The molecule has 0 radical (unpaired) electrons. The largest absolute Gasteiger partial charge is 0.382 e. The number of likely N-dealkylation sites (tertiary alicyclic amines) is 1. The van der Waals surface area contributed by atoms with Gasteiger partial charge in [0.1, 0.15) is 11.3 Å². The third kappa shape index (κ3) is 3.46. The van der Waals surface area contributed by atoms with E-state index in [1.54, 1.807) is 11.1 Å². The van der Waals surface area contributed by atoms with E-state index in [0.717, 1.165) is 22.2 Å². The van der Waals surface area contributed by atoms with Crippen molar-refractivity contribution in [2.75, 3.05) is 18.8 Å². The van der Waals surface area contributed by atoms with Crippen LogP contribution in [0.1, 0.15) is 23.4 Å². The number of halogens is 2. The van der Waals surface area contributed by atoms with E-state index in [0.29, 0.717) is 31.2 Å². The maximum absolute atomic E-state index is 13.3. The molecule has 1 aliphatic heterocycles. The summed E-state index contributed by atoms with van der Waals surface area (Å²) in [6, 6.07) is 9.80. The standard InChI is InChI=1S/C18H19F2N5/c19-18(20)6-8-25(11-18)10-13-3-1-12(2-4-13)9-15-23-14-5-7-22-16(14)17(21)24-15/h1-5,7,22H,6,8-11H2,(H2,21,23,24). The smallest absolute Gasteiger partial charge is 0.261 e. The summed E-state index contributed by atoms with van der Waals surface area (Å²) in [5.41, 5.74) is 9.59. The van der Waals surface area contributed by atoms with Gasteiger partial charge in [0.25, 0.3) is 5.92 Å². The predicted octanol–water partition coefficient (Wildman–Crippen LogP) is 2.97. The number of aromatic amines is 1. The van der Waals surface area contributed by atoms with Crippen molar-refractivity contribution < 1.29 is 8.78 Å². The number of rotatable bonds is 4. The molecule has 1 aliphatic rings. The minimum Gasteiger partial charge on any atom is -0.382 e. The van der Waals surface area contributed by atoms with Gasteiger partial charge in [-0.05, 0) is 17.2 Å². The number of alkyl halides is 2. The first-order valence-electron chi connectivity index (χ1n) is 8.26. The summed E-state index contributed by atoms with van der Waals surface area (Å²) < 4.78 is 26.5. The molecule has 5 nitrogen and oxygen atoms in total. The van der Waals surface area contributed by atoms with Gasteiger partial charge < -0.3 is 10.7 Å². The van der Waals surface area contributed by atoms with Gasteiger partial charge in [0.2, 0.25) is 0 Å². The van der Waals surface area contributed by atoms with Crippen LogP contribution in [0, 0.1) is 0 Å². The molecule has 0 saturated carbocycles. The molecular formula is C18H19F2N5. The first-order valence-corrected chi connectivity index (χ1v) is 8.26. The summed E-state index contributed by atoms with van der Waals surface area (Å²) >= 11 is 0. The number of hydrogen-bond acceptors (Lipinski definition) is 4. The number of hydrogen-bond donors (Lipinski definition) is 2. The molecule has 0 amide bonds. The number of nitrogen functional groups attached to an aromatic ring is 1. The van der Waals surface area contributed by atoms with Gasteiger partial charge in [-0.3, -0.25) is 4.90 Å². The average Bonchev–Trinajstić information content (AvgIpc) is 3.16. The Morgan fingerprint density at radius 1 is 1.12 bits per heavy atom. The topological polar surface area (TPSA) is 70.8 Å². The molecule has 4 rings (SSSR count). The van der Waals surface area contributed by atoms with Gasteiger partial charge in [0.15, 0.2) is 5.82 Å². The molecule has 0 spiro atoms. The zero-order chi connectivity index (χ0) is 17.4. The van der Waals surface area contributed by atoms with Crippen LogP contribution in [0.4, 0.5) is 14.6 Å². The molecule has 3 N–H and O–H groups in total. The SMILES string of the molecule is Nc1nc(Cc2ccc(CN3CCC(F)(F)C3)cc2)nc2cc[nH]c12. The van der Waals surface area contributed by atoms with Crippen LogP contribution in [0.5, 0.6) is 0 Å². The maximum Gasteiger partial charge on any atom is 0.261 e. The fraction of sp³-hybridized carbons (Fsp3) is 0.333. The number of nitrogens with two attached hydrogens (primary N) is 1. The Balaban J connectivity index is 1.44. The Morgan fingerprint density at radius 2 is 1.88 bits per heavy atom. The second-order valence-corrected chi connectivity index (χ2v) is 6.57. The summed E-state index contributed by atoms with van der Waals surface area (Å²) in [7, 11) is 0. The highest BCUT2D eigenvalue weighted by Crippen LogP contribution is 2.28. The van der Waals surface area contributed by atoms with Crippen LogP contribution >= 0.6 is 0 Å². The van der Waals surface area contributed by atoms with Crippen molar-refractivity contribution in [3.8, 4) is 0 Å². The second kappa shape index (κ2) is 6.07. The lowest BCUT2D eigenvalue weighted by Crippen LogP contribution is -2.24. The third-order valence-corrected chi connectivity index (χ3v) is 4.52. The van der Waals surface area contributed by atoms with Crippen molar-refractivity contribution in [1.29, 1.82) is 0 Å². The van der Waals surface area contributed by atoms with Gasteiger partial charge in [-0.25, -0.2) is 18.7 Å². The van der Waals surface area contributed by atoms with E-state index in [4.69, 9.17) is 5.73 Å². The van der Waals surface area contributed by atoms with E-state index in [-0.39, 0.29) is 13.0 Å². The van der Waals surface area contributed by atoms with Crippen LogP contribution in [0.25, 0.3) is 11.0 Å². The van der Waals surface area contributed by atoms with Crippen molar-refractivity contribution >= 4 is 16.9 Å². The predicted molar refractivity (Wildman–Crippen MR) is 92.4 cm³/mol. The molecule has 0 aliphatic carbocycles. The first kappa shape index (κ1) is 16.0. The van der Waals surface area contributed by atoms with Gasteiger partial charge >= 0.3 is 0 Å². The van der Waals surface area contributed by atoms with Crippen molar-refractivity contribution in [2.45, 2.75) is 25.3 Å². The number of nitrogens with one attached hydrogen (secondary N) is 1. The van der Waals surface area contributed by atoms with Crippen molar-refractivity contribution in [1.82, 2.24) is 19.9 Å². The van der Waals surface area contributed by atoms with Crippen LogP contribution in [0.3, 0.4) is 0 Å². The highest BCUT2D eigenvalue weighted by Gasteiger charge is 2.37. The van der Waals surface area contributed by atoms with E-state index >= 15 is 0 Å². The van der Waals surface area contributed by atoms with Crippen molar-refractivity contribution in [3.63, 3.8) is 0 Å². The summed E-state index contributed by atoms with van der Waals surface area (Å²) in [6.45, 7) is 0.839. The van der Waals surface area contributed by atoms with Crippen molar-refractivity contribution in [2.24, 2.45) is 0 Å². The van der Waals surface area contributed by atoms with E-state index in [2.05, 4.69) is 15.0 Å². The Hall–Kier alpha value is -2.54. The molecule has 0 bridgehead atoms. The number of aromatic nitrogens is 3. The monoisotopic (exact) mass is 343 g/mol. The van der Waals surface area contributed by atoms with Gasteiger partial charge in [0.05, 0.1) is 12.1 Å². The summed E-state index contributed by atoms with van der Waals surface area (Å²) in [5.74, 6) is -1.44. The molecule has 7 heteroatoms. The molecule has 3 heterocycles. The quantitative estimate of drug-likeness (QED) is 0.764. The lowest BCUT2D eigenvalue weighted by Gasteiger charge is -2.15. The second-order valence-electron chi connectivity index (χ2n) is 6.57. The van der Waals surface area contributed by atoms with Crippen LogP contribution < -0.4 is 5.73 Å². The lowest BCUT2D eigenvalue weighted by atomic mass is 10.1. The minimum atomic E-state index is -2.55. The Bertz CT molecular complexity index is 888. The fourth-order valence-corrected chi connectivity index (χ4v) is 3.24. The zero-order valence-electron chi connectivity index (χ0n) is 13.7. The molecule has 130 valence electrons. The minimum absolute atomic E-state index is 0.0501. The highest BCUT2D eigenvalue weighted by atomic mass is 19.3. The fourth-order valence-electron chi connectivity index (χ4n) is 3.24.